The molecule has 0 radical (unpaired) electrons. The zero-order valence-corrected chi connectivity index (χ0v) is 15.6. The molecule has 0 saturated carbocycles. The summed E-state index contributed by atoms with van der Waals surface area (Å²) in [7, 11) is 0. The third-order valence-corrected chi connectivity index (χ3v) is 4.96. The molecule has 2 heterocycles. The number of benzene rings is 1. The first kappa shape index (κ1) is 17.6. The van der Waals surface area contributed by atoms with Crippen LogP contribution in [0.4, 0.5) is 5.69 Å². The van der Waals surface area contributed by atoms with Crippen LogP contribution in [0.25, 0.3) is 0 Å². The Morgan fingerprint density at radius 1 is 1.48 bits per heavy atom. The highest BCUT2D eigenvalue weighted by molar-refractivity contribution is 7.09. The quantitative estimate of drug-likeness (QED) is 0.792. The van der Waals surface area contributed by atoms with Gasteiger partial charge in [0.15, 0.2) is 0 Å². The number of amides is 1. The van der Waals surface area contributed by atoms with Gasteiger partial charge in [-0.1, -0.05) is 6.07 Å². The zero-order chi connectivity index (χ0) is 17.8. The van der Waals surface area contributed by atoms with Crippen LogP contribution >= 0.6 is 11.3 Å². The summed E-state index contributed by atoms with van der Waals surface area (Å²) in [5.74, 6) is 1.58. The lowest BCUT2D eigenvalue weighted by molar-refractivity contribution is -0.121. The van der Waals surface area contributed by atoms with Crippen LogP contribution in [0.1, 0.15) is 31.2 Å². The highest BCUT2D eigenvalue weighted by atomic mass is 32.1. The highest BCUT2D eigenvalue weighted by Gasteiger charge is 2.23. The van der Waals surface area contributed by atoms with Crippen LogP contribution in [0.5, 0.6) is 11.5 Å². The van der Waals surface area contributed by atoms with Gasteiger partial charge in [-0.2, -0.15) is 0 Å². The van der Waals surface area contributed by atoms with E-state index >= 15 is 0 Å². The molecule has 0 spiro atoms. The molecule has 1 aromatic heterocycles. The van der Waals surface area contributed by atoms with E-state index in [1.165, 1.54) is 0 Å². The van der Waals surface area contributed by atoms with Crippen molar-refractivity contribution in [2.24, 2.45) is 0 Å². The van der Waals surface area contributed by atoms with Gasteiger partial charge in [-0.3, -0.25) is 4.79 Å². The van der Waals surface area contributed by atoms with Crippen molar-refractivity contribution in [1.29, 1.82) is 0 Å². The normalized spacial score (nSPS) is 16.7. The number of ether oxygens (including phenoxy) is 2. The van der Waals surface area contributed by atoms with Crippen LogP contribution < -0.4 is 20.1 Å². The van der Waals surface area contributed by atoms with Gasteiger partial charge in [-0.05, 0) is 38.3 Å². The lowest BCUT2D eigenvalue weighted by Gasteiger charge is -2.19. The summed E-state index contributed by atoms with van der Waals surface area (Å²) in [6.45, 7) is 6.96. The van der Waals surface area contributed by atoms with Crippen LogP contribution in [-0.2, 0) is 17.8 Å². The predicted octanol–water partition coefficient (Wildman–Crippen LogP) is 3.59. The third-order valence-electron chi connectivity index (χ3n) is 4.08. The number of anilines is 1. The summed E-state index contributed by atoms with van der Waals surface area (Å²) in [4.78, 5) is 13.5. The van der Waals surface area contributed by atoms with Crippen molar-refractivity contribution in [3.63, 3.8) is 0 Å². The van der Waals surface area contributed by atoms with E-state index in [0.717, 1.165) is 34.0 Å². The highest BCUT2D eigenvalue weighted by Crippen LogP contribution is 2.38. The minimum atomic E-state index is -0.379. The smallest absolute Gasteiger partial charge is 0.242 e. The number of carbonyl (C=O) groups excluding carboxylic acids is 1. The molecular formula is C19H24N2O3S. The SMILES string of the molecule is CCOc1cc2c(cc1N[C@H](C)C(=O)NCc1cccs1)O[C@H](C)C2. The average Bonchev–Trinajstić information content (AvgIpc) is 3.21. The Bertz CT molecular complexity index is 731. The van der Waals surface area contributed by atoms with E-state index < -0.39 is 0 Å². The molecule has 0 fully saturated rings. The minimum absolute atomic E-state index is 0.0503. The Labute approximate surface area is 152 Å². The summed E-state index contributed by atoms with van der Waals surface area (Å²) >= 11 is 1.63. The van der Waals surface area contributed by atoms with E-state index in [1.807, 2.05) is 50.4 Å². The Morgan fingerprint density at radius 2 is 2.32 bits per heavy atom. The molecule has 134 valence electrons. The van der Waals surface area contributed by atoms with Crippen molar-refractivity contribution in [2.75, 3.05) is 11.9 Å². The van der Waals surface area contributed by atoms with E-state index in [0.29, 0.717) is 13.2 Å². The number of hydrogen-bond acceptors (Lipinski definition) is 5. The van der Waals surface area contributed by atoms with Crippen molar-refractivity contribution in [2.45, 2.75) is 45.9 Å². The second-order valence-corrected chi connectivity index (χ2v) is 7.22. The van der Waals surface area contributed by atoms with Gasteiger partial charge in [0.05, 0.1) is 18.8 Å². The van der Waals surface area contributed by atoms with Crippen LogP contribution in [0, 0.1) is 0 Å². The van der Waals surface area contributed by atoms with Gasteiger partial charge in [0, 0.05) is 22.9 Å². The molecule has 0 bridgehead atoms. The molecule has 2 atom stereocenters. The number of thiophene rings is 1. The summed E-state index contributed by atoms with van der Waals surface area (Å²) < 4.78 is 11.6. The molecule has 1 aliphatic rings. The molecule has 0 aliphatic carbocycles. The summed E-state index contributed by atoms with van der Waals surface area (Å²) in [5.41, 5.74) is 1.93. The van der Waals surface area contributed by atoms with Gasteiger partial charge in [0.1, 0.15) is 23.6 Å². The summed E-state index contributed by atoms with van der Waals surface area (Å²) in [5, 5.41) is 8.21. The largest absolute Gasteiger partial charge is 0.492 e. The van der Waals surface area contributed by atoms with E-state index in [2.05, 4.69) is 10.6 Å². The predicted molar refractivity (Wildman–Crippen MR) is 101 cm³/mol. The maximum atomic E-state index is 12.4. The lowest BCUT2D eigenvalue weighted by atomic mass is 10.1. The van der Waals surface area contributed by atoms with Gasteiger partial charge in [0.2, 0.25) is 5.91 Å². The maximum absolute atomic E-state index is 12.4. The first-order chi connectivity index (χ1) is 12.1. The number of rotatable bonds is 7. The minimum Gasteiger partial charge on any atom is -0.492 e. The number of hydrogen-bond donors (Lipinski definition) is 2. The van der Waals surface area contributed by atoms with E-state index in [-0.39, 0.29) is 18.1 Å². The zero-order valence-electron chi connectivity index (χ0n) is 14.8. The summed E-state index contributed by atoms with van der Waals surface area (Å²) in [6, 6.07) is 7.56. The Balaban J connectivity index is 1.68. The van der Waals surface area contributed by atoms with Crippen molar-refractivity contribution in [3.8, 4) is 11.5 Å². The first-order valence-electron chi connectivity index (χ1n) is 8.59. The summed E-state index contributed by atoms with van der Waals surface area (Å²) in [6.07, 6.45) is 1.05. The molecule has 5 nitrogen and oxygen atoms in total. The second kappa shape index (κ2) is 7.78. The van der Waals surface area contributed by atoms with Crippen molar-refractivity contribution in [1.82, 2.24) is 5.32 Å². The van der Waals surface area contributed by atoms with Crippen LogP contribution in [0.2, 0.25) is 0 Å². The molecule has 0 unspecified atom stereocenters. The molecule has 3 rings (SSSR count). The molecule has 1 amide bonds. The fourth-order valence-electron chi connectivity index (χ4n) is 2.87. The fourth-order valence-corrected chi connectivity index (χ4v) is 3.51. The molecule has 1 aromatic carbocycles. The van der Waals surface area contributed by atoms with Crippen molar-refractivity contribution >= 4 is 22.9 Å². The number of carbonyl (C=O) groups is 1. The van der Waals surface area contributed by atoms with E-state index in [1.54, 1.807) is 11.3 Å². The third kappa shape index (κ3) is 4.25. The molecule has 25 heavy (non-hydrogen) atoms. The van der Waals surface area contributed by atoms with Gasteiger partial charge >= 0.3 is 0 Å². The van der Waals surface area contributed by atoms with Gasteiger partial charge in [0.25, 0.3) is 0 Å². The number of fused-ring (bicyclic) bond motifs is 1. The Hall–Kier alpha value is -2.21. The number of nitrogens with one attached hydrogen (secondary N) is 2. The molecule has 1 aliphatic heterocycles. The molecule has 2 N–H and O–H groups in total. The molecular weight excluding hydrogens is 336 g/mol. The van der Waals surface area contributed by atoms with Crippen molar-refractivity contribution in [3.05, 3.63) is 40.1 Å². The Kier molecular flexibility index (Phi) is 5.48. The molecule has 2 aromatic rings. The molecule has 6 heteroatoms. The van der Waals surface area contributed by atoms with Crippen LogP contribution in [-0.4, -0.2) is 24.7 Å². The van der Waals surface area contributed by atoms with Gasteiger partial charge in [-0.25, -0.2) is 0 Å². The first-order valence-corrected chi connectivity index (χ1v) is 9.47. The Morgan fingerprint density at radius 3 is 3.04 bits per heavy atom. The lowest BCUT2D eigenvalue weighted by Crippen LogP contribution is -2.37. The maximum Gasteiger partial charge on any atom is 0.242 e. The second-order valence-electron chi connectivity index (χ2n) is 6.18. The topological polar surface area (TPSA) is 59.6 Å². The van der Waals surface area contributed by atoms with Crippen LogP contribution in [0.15, 0.2) is 29.6 Å². The molecule has 0 saturated heterocycles. The van der Waals surface area contributed by atoms with Crippen molar-refractivity contribution < 1.29 is 14.3 Å². The van der Waals surface area contributed by atoms with E-state index in [9.17, 15) is 4.79 Å². The fraction of sp³-hybridized carbons (Fsp3) is 0.421. The monoisotopic (exact) mass is 360 g/mol. The average molecular weight is 360 g/mol. The van der Waals surface area contributed by atoms with Gasteiger partial charge in [-0.15, -0.1) is 11.3 Å². The standard InChI is InChI=1S/C19H24N2O3S/c1-4-23-18-9-14-8-12(2)24-17(14)10-16(18)21-13(3)19(22)20-11-15-6-5-7-25-15/h5-7,9-10,12-13,21H,4,8,11H2,1-3H3,(H,20,22)/t12-,13-/m1/s1. The van der Waals surface area contributed by atoms with Crippen LogP contribution in [0.3, 0.4) is 0 Å². The van der Waals surface area contributed by atoms with E-state index in [4.69, 9.17) is 9.47 Å². The van der Waals surface area contributed by atoms with Gasteiger partial charge < -0.3 is 20.1 Å².